The van der Waals surface area contributed by atoms with E-state index in [9.17, 15) is 4.79 Å². The Labute approximate surface area is 106 Å². The van der Waals surface area contributed by atoms with Crippen LogP contribution in [0.3, 0.4) is 0 Å². The Morgan fingerprint density at radius 2 is 2.11 bits per heavy atom. The second kappa shape index (κ2) is 6.16. The van der Waals surface area contributed by atoms with Crippen molar-refractivity contribution < 1.29 is 4.79 Å². The van der Waals surface area contributed by atoms with Crippen LogP contribution in [0.2, 0.25) is 0 Å². The van der Waals surface area contributed by atoms with E-state index in [1.807, 2.05) is 24.5 Å². The van der Waals surface area contributed by atoms with E-state index in [0.717, 1.165) is 36.8 Å². The van der Waals surface area contributed by atoms with Crippen LogP contribution in [0.4, 0.5) is 0 Å². The molecule has 0 aliphatic rings. The summed E-state index contributed by atoms with van der Waals surface area (Å²) in [6, 6.07) is 8.10. The number of nitrogens with two attached hydrogens (primary N) is 1. The third-order valence-corrected chi connectivity index (χ3v) is 2.99. The van der Waals surface area contributed by atoms with Gasteiger partial charge in [-0.05, 0) is 25.0 Å². The van der Waals surface area contributed by atoms with E-state index in [1.54, 1.807) is 0 Å². The smallest absolute Gasteiger partial charge is 0.233 e. The second-order valence-electron chi connectivity index (χ2n) is 4.30. The van der Waals surface area contributed by atoms with Crippen molar-refractivity contribution in [3.05, 3.63) is 30.6 Å². The van der Waals surface area contributed by atoms with Gasteiger partial charge in [0.25, 0.3) is 0 Å². The van der Waals surface area contributed by atoms with Gasteiger partial charge < -0.3 is 4.57 Å². The summed E-state index contributed by atoms with van der Waals surface area (Å²) >= 11 is 0. The molecule has 1 aromatic heterocycles. The van der Waals surface area contributed by atoms with Gasteiger partial charge in [0, 0.05) is 13.0 Å². The van der Waals surface area contributed by atoms with Crippen LogP contribution in [0.25, 0.3) is 11.0 Å². The molecule has 1 aromatic carbocycles. The molecular weight excluding hydrogens is 228 g/mol. The zero-order valence-electron chi connectivity index (χ0n) is 10.3. The van der Waals surface area contributed by atoms with E-state index in [4.69, 9.17) is 5.84 Å². The maximum absolute atomic E-state index is 10.9. The molecule has 0 aliphatic heterocycles. The van der Waals surface area contributed by atoms with Gasteiger partial charge in [-0.25, -0.2) is 10.8 Å². The van der Waals surface area contributed by atoms with E-state index >= 15 is 0 Å². The van der Waals surface area contributed by atoms with Crippen molar-refractivity contribution in [2.75, 3.05) is 0 Å². The minimum Gasteiger partial charge on any atom is -0.331 e. The highest BCUT2D eigenvalue weighted by molar-refractivity contribution is 5.75. The number of benzene rings is 1. The number of carbonyl (C=O) groups is 1. The second-order valence-corrected chi connectivity index (χ2v) is 4.30. The fraction of sp³-hybridized carbons (Fsp3) is 0.385. The average molecular weight is 246 g/mol. The van der Waals surface area contributed by atoms with Gasteiger partial charge in [-0.1, -0.05) is 18.6 Å². The number of hydrogen-bond acceptors (Lipinski definition) is 3. The van der Waals surface area contributed by atoms with Crippen molar-refractivity contribution in [3.63, 3.8) is 0 Å². The molecule has 0 atom stereocenters. The highest BCUT2D eigenvalue weighted by Crippen LogP contribution is 2.13. The molecule has 5 nitrogen and oxygen atoms in total. The number of para-hydroxylation sites is 2. The highest BCUT2D eigenvalue weighted by Gasteiger charge is 2.01. The lowest BCUT2D eigenvalue weighted by Gasteiger charge is -2.04. The van der Waals surface area contributed by atoms with E-state index in [-0.39, 0.29) is 5.91 Å². The van der Waals surface area contributed by atoms with Crippen LogP contribution in [-0.2, 0) is 11.3 Å². The summed E-state index contributed by atoms with van der Waals surface area (Å²) in [4.78, 5) is 15.3. The van der Waals surface area contributed by atoms with Crippen LogP contribution in [-0.4, -0.2) is 15.5 Å². The number of carbonyl (C=O) groups excluding carboxylic acids is 1. The fourth-order valence-electron chi connectivity index (χ4n) is 2.01. The number of amides is 1. The molecule has 0 saturated heterocycles. The first-order valence-electron chi connectivity index (χ1n) is 6.20. The van der Waals surface area contributed by atoms with E-state index < -0.39 is 0 Å². The number of hydrazine groups is 1. The molecule has 5 heteroatoms. The quantitative estimate of drug-likeness (QED) is 0.352. The lowest BCUT2D eigenvalue weighted by atomic mass is 10.2. The lowest BCUT2D eigenvalue weighted by Crippen LogP contribution is -2.29. The molecule has 0 spiro atoms. The number of aryl methyl sites for hydroxylation is 1. The summed E-state index contributed by atoms with van der Waals surface area (Å²) in [7, 11) is 0. The summed E-state index contributed by atoms with van der Waals surface area (Å²) in [5, 5.41) is 0. The zero-order chi connectivity index (χ0) is 12.8. The topological polar surface area (TPSA) is 72.9 Å². The number of fused-ring (bicyclic) bond motifs is 1. The summed E-state index contributed by atoms with van der Waals surface area (Å²) < 4.78 is 2.15. The van der Waals surface area contributed by atoms with E-state index in [1.165, 1.54) is 0 Å². The van der Waals surface area contributed by atoms with Gasteiger partial charge in [-0.3, -0.25) is 10.2 Å². The Morgan fingerprint density at radius 3 is 2.94 bits per heavy atom. The molecule has 1 heterocycles. The Kier molecular flexibility index (Phi) is 4.30. The first-order valence-corrected chi connectivity index (χ1v) is 6.20. The third-order valence-electron chi connectivity index (χ3n) is 2.99. The summed E-state index contributed by atoms with van der Waals surface area (Å²) in [5.41, 5.74) is 4.33. The molecule has 2 aromatic rings. The number of unbranched alkanes of at least 4 members (excludes halogenated alkanes) is 2. The van der Waals surface area contributed by atoms with E-state index in [0.29, 0.717) is 6.42 Å². The number of nitrogens with zero attached hydrogens (tertiary/aromatic N) is 2. The van der Waals surface area contributed by atoms with Crippen LogP contribution in [0.5, 0.6) is 0 Å². The maximum Gasteiger partial charge on any atom is 0.233 e. The summed E-state index contributed by atoms with van der Waals surface area (Å²) in [6.07, 6.45) is 5.30. The minimum atomic E-state index is -0.0944. The zero-order valence-corrected chi connectivity index (χ0v) is 10.3. The monoisotopic (exact) mass is 246 g/mol. The molecule has 1 amide bonds. The SMILES string of the molecule is NNC(=O)CCCCCn1cnc2ccccc21. The van der Waals surface area contributed by atoms with Crippen molar-refractivity contribution in [2.45, 2.75) is 32.2 Å². The minimum absolute atomic E-state index is 0.0944. The maximum atomic E-state index is 10.9. The van der Waals surface area contributed by atoms with Crippen molar-refractivity contribution in [1.29, 1.82) is 0 Å². The molecule has 96 valence electrons. The lowest BCUT2D eigenvalue weighted by molar-refractivity contribution is -0.121. The predicted molar refractivity (Wildman–Crippen MR) is 70.5 cm³/mol. The van der Waals surface area contributed by atoms with Crippen LogP contribution in [0.15, 0.2) is 30.6 Å². The van der Waals surface area contributed by atoms with Gasteiger partial charge in [0.2, 0.25) is 5.91 Å². The van der Waals surface area contributed by atoms with Gasteiger partial charge >= 0.3 is 0 Å². The molecule has 0 saturated carbocycles. The number of aromatic nitrogens is 2. The molecular formula is C13H18N4O. The van der Waals surface area contributed by atoms with E-state index in [2.05, 4.69) is 21.0 Å². The Bertz CT molecular complexity index is 520. The summed E-state index contributed by atoms with van der Waals surface area (Å²) in [5.74, 6) is 4.92. The molecule has 0 unspecified atom stereocenters. The van der Waals surface area contributed by atoms with Crippen LogP contribution < -0.4 is 11.3 Å². The first-order chi connectivity index (χ1) is 8.81. The van der Waals surface area contributed by atoms with Crippen molar-refractivity contribution in [1.82, 2.24) is 15.0 Å². The highest BCUT2D eigenvalue weighted by atomic mass is 16.2. The number of hydrogen-bond donors (Lipinski definition) is 2. The molecule has 2 rings (SSSR count). The molecule has 0 aliphatic carbocycles. The molecule has 3 N–H and O–H groups in total. The number of imidazole rings is 1. The standard InChI is InChI=1S/C13H18N4O/c14-16-13(18)8-2-1-5-9-17-10-15-11-6-3-4-7-12(11)17/h3-4,6-7,10H,1-2,5,8-9,14H2,(H,16,18). The van der Waals surface area contributed by atoms with Gasteiger partial charge in [-0.15, -0.1) is 0 Å². The van der Waals surface area contributed by atoms with Gasteiger partial charge in [0.05, 0.1) is 17.4 Å². The van der Waals surface area contributed by atoms with Crippen molar-refractivity contribution >= 4 is 16.9 Å². The third kappa shape index (κ3) is 3.07. The average Bonchev–Trinajstić information content (AvgIpc) is 2.81. The van der Waals surface area contributed by atoms with Crippen LogP contribution >= 0.6 is 0 Å². The van der Waals surface area contributed by atoms with Crippen LogP contribution in [0.1, 0.15) is 25.7 Å². The predicted octanol–water partition coefficient (Wildman–Crippen LogP) is 1.59. The first kappa shape index (κ1) is 12.6. The Hall–Kier alpha value is -1.88. The van der Waals surface area contributed by atoms with Crippen LogP contribution in [0, 0.1) is 0 Å². The van der Waals surface area contributed by atoms with Gasteiger partial charge in [-0.2, -0.15) is 0 Å². The number of rotatable bonds is 6. The van der Waals surface area contributed by atoms with Crippen molar-refractivity contribution in [3.8, 4) is 0 Å². The molecule has 0 bridgehead atoms. The summed E-state index contributed by atoms with van der Waals surface area (Å²) in [6.45, 7) is 0.935. The van der Waals surface area contributed by atoms with Gasteiger partial charge in [0.15, 0.2) is 0 Å². The van der Waals surface area contributed by atoms with Gasteiger partial charge in [0.1, 0.15) is 0 Å². The Balaban J connectivity index is 1.78. The Morgan fingerprint density at radius 1 is 1.28 bits per heavy atom. The largest absolute Gasteiger partial charge is 0.331 e. The van der Waals surface area contributed by atoms with Crippen molar-refractivity contribution in [2.24, 2.45) is 5.84 Å². The molecule has 0 fully saturated rings. The molecule has 0 radical (unpaired) electrons. The molecule has 18 heavy (non-hydrogen) atoms. The number of nitrogens with one attached hydrogen (secondary N) is 1. The fourth-order valence-corrected chi connectivity index (χ4v) is 2.01. The normalized spacial score (nSPS) is 10.7.